The van der Waals surface area contributed by atoms with Crippen LogP contribution in [0.1, 0.15) is 16.7 Å². The molecule has 0 unspecified atom stereocenters. The molecule has 3 rings (SSSR count). The SMILES string of the molecule is CS(=O)(=O)N(CC(=O)NCc1ccccc1CN1CCOCC1)Cc1ccccc1Cl. The Hall–Kier alpha value is -1.97. The number of halogens is 1. The Morgan fingerprint density at radius 1 is 1.06 bits per heavy atom. The van der Waals surface area contributed by atoms with Gasteiger partial charge in [-0.1, -0.05) is 54.1 Å². The largest absolute Gasteiger partial charge is 0.379 e. The summed E-state index contributed by atoms with van der Waals surface area (Å²) in [6.07, 6.45) is 1.09. The van der Waals surface area contributed by atoms with Crippen LogP contribution in [0, 0.1) is 0 Å². The van der Waals surface area contributed by atoms with Crippen molar-refractivity contribution in [2.45, 2.75) is 19.6 Å². The zero-order valence-electron chi connectivity index (χ0n) is 17.6. The van der Waals surface area contributed by atoms with Gasteiger partial charge in [0.2, 0.25) is 15.9 Å². The minimum absolute atomic E-state index is 0.0412. The summed E-state index contributed by atoms with van der Waals surface area (Å²) >= 11 is 6.16. The molecule has 0 saturated carbocycles. The lowest BCUT2D eigenvalue weighted by Crippen LogP contribution is -2.40. The molecule has 1 aliphatic rings. The second-order valence-electron chi connectivity index (χ2n) is 7.56. The van der Waals surface area contributed by atoms with Crippen molar-refractivity contribution in [3.63, 3.8) is 0 Å². The molecule has 1 heterocycles. The second kappa shape index (κ2) is 11.1. The number of carbonyl (C=O) groups is 1. The Morgan fingerprint density at radius 2 is 1.68 bits per heavy atom. The normalized spacial score (nSPS) is 15.2. The van der Waals surface area contributed by atoms with Crippen LogP contribution >= 0.6 is 11.6 Å². The van der Waals surface area contributed by atoms with E-state index in [4.69, 9.17) is 16.3 Å². The van der Waals surface area contributed by atoms with E-state index in [-0.39, 0.29) is 19.0 Å². The zero-order chi connectivity index (χ0) is 22.3. The molecule has 0 bridgehead atoms. The van der Waals surface area contributed by atoms with Crippen LogP contribution in [-0.2, 0) is 39.2 Å². The Morgan fingerprint density at radius 3 is 2.32 bits per heavy atom. The van der Waals surface area contributed by atoms with Gasteiger partial charge >= 0.3 is 0 Å². The number of amides is 1. The van der Waals surface area contributed by atoms with Crippen molar-refractivity contribution in [2.24, 2.45) is 0 Å². The molecule has 0 aliphatic carbocycles. The summed E-state index contributed by atoms with van der Waals surface area (Å²) in [6.45, 7) is 4.12. The number of hydrogen-bond acceptors (Lipinski definition) is 5. The van der Waals surface area contributed by atoms with E-state index in [9.17, 15) is 13.2 Å². The molecule has 1 aliphatic heterocycles. The van der Waals surface area contributed by atoms with Gasteiger partial charge in [0.15, 0.2) is 0 Å². The van der Waals surface area contributed by atoms with Gasteiger partial charge in [0.25, 0.3) is 0 Å². The summed E-state index contributed by atoms with van der Waals surface area (Å²) in [5.41, 5.74) is 2.80. The number of morpholine rings is 1. The van der Waals surface area contributed by atoms with Crippen LogP contribution in [0.4, 0.5) is 0 Å². The number of nitrogens with zero attached hydrogens (tertiary/aromatic N) is 2. The van der Waals surface area contributed by atoms with E-state index in [1.165, 1.54) is 0 Å². The molecule has 0 radical (unpaired) electrons. The molecule has 1 N–H and O–H groups in total. The highest BCUT2D eigenvalue weighted by molar-refractivity contribution is 7.88. The van der Waals surface area contributed by atoms with E-state index < -0.39 is 10.0 Å². The van der Waals surface area contributed by atoms with Crippen LogP contribution in [0.25, 0.3) is 0 Å². The zero-order valence-corrected chi connectivity index (χ0v) is 19.2. The third kappa shape index (κ3) is 7.29. The molecular weight excluding hydrogens is 438 g/mol. The summed E-state index contributed by atoms with van der Waals surface area (Å²) in [6, 6.07) is 15.0. The molecule has 2 aromatic carbocycles. The van der Waals surface area contributed by atoms with Crippen molar-refractivity contribution >= 4 is 27.5 Å². The predicted octanol–water partition coefficient (Wildman–Crippen LogP) is 2.25. The summed E-state index contributed by atoms with van der Waals surface area (Å²) in [5.74, 6) is -0.362. The van der Waals surface area contributed by atoms with E-state index in [0.717, 1.165) is 54.5 Å². The predicted molar refractivity (Wildman–Crippen MR) is 121 cm³/mol. The minimum atomic E-state index is -3.59. The molecule has 1 saturated heterocycles. The molecule has 2 aromatic rings. The maximum absolute atomic E-state index is 12.6. The van der Waals surface area contributed by atoms with E-state index in [0.29, 0.717) is 17.1 Å². The van der Waals surface area contributed by atoms with Crippen molar-refractivity contribution in [3.05, 3.63) is 70.2 Å². The first-order chi connectivity index (χ1) is 14.8. The van der Waals surface area contributed by atoms with E-state index >= 15 is 0 Å². The molecule has 7 nitrogen and oxygen atoms in total. The highest BCUT2D eigenvalue weighted by atomic mass is 35.5. The Balaban J connectivity index is 1.61. The van der Waals surface area contributed by atoms with Crippen molar-refractivity contribution in [2.75, 3.05) is 39.1 Å². The maximum Gasteiger partial charge on any atom is 0.235 e. The fourth-order valence-electron chi connectivity index (χ4n) is 3.40. The topological polar surface area (TPSA) is 79.0 Å². The van der Waals surface area contributed by atoms with Crippen LogP contribution in [0.3, 0.4) is 0 Å². The van der Waals surface area contributed by atoms with Crippen molar-refractivity contribution in [1.82, 2.24) is 14.5 Å². The highest BCUT2D eigenvalue weighted by Gasteiger charge is 2.21. The second-order valence-corrected chi connectivity index (χ2v) is 9.95. The number of sulfonamides is 1. The van der Waals surface area contributed by atoms with Crippen LogP contribution < -0.4 is 5.32 Å². The molecule has 0 atom stereocenters. The third-order valence-corrected chi connectivity index (χ3v) is 6.75. The highest BCUT2D eigenvalue weighted by Crippen LogP contribution is 2.18. The average Bonchev–Trinajstić information content (AvgIpc) is 2.74. The number of nitrogens with one attached hydrogen (secondary N) is 1. The number of carbonyl (C=O) groups excluding carboxylic acids is 1. The van der Waals surface area contributed by atoms with Crippen molar-refractivity contribution in [3.8, 4) is 0 Å². The van der Waals surface area contributed by atoms with Crippen molar-refractivity contribution < 1.29 is 17.9 Å². The van der Waals surface area contributed by atoms with Gasteiger partial charge in [0.1, 0.15) is 0 Å². The Labute approximate surface area is 189 Å². The smallest absolute Gasteiger partial charge is 0.235 e. The average molecular weight is 466 g/mol. The lowest BCUT2D eigenvalue weighted by Gasteiger charge is -2.27. The number of benzene rings is 2. The van der Waals surface area contributed by atoms with Gasteiger partial charge in [-0.05, 0) is 22.8 Å². The summed E-state index contributed by atoms with van der Waals surface area (Å²) < 4.78 is 31.0. The molecule has 1 amide bonds. The van der Waals surface area contributed by atoms with Gasteiger partial charge in [-0.25, -0.2) is 8.42 Å². The number of rotatable bonds is 9. The van der Waals surface area contributed by atoms with Crippen LogP contribution in [0.5, 0.6) is 0 Å². The quantitative estimate of drug-likeness (QED) is 0.614. The number of hydrogen-bond donors (Lipinski definition) is 1. The van der Waals surface area contributed by atoms with Gasteiger partial charge in [0.05, 0.1) is 26.0 Å². The monoisotopic (exact) mass is 465 g/mol. The van der Waals surface area contributed by atoms with E-state index in [1.54, 1.807) is 24.3 Å². The Bertz CT molecular complexity index is 994. The van der Waals surface area contributed by atoms with E-state index in [2.05, 4.69) is 16.3 Å². The molecule has 9 heteroatoms. The van der Waals surface area contributed by atoms with Crippen LogP contribution in [0.15, 0.2) is 48.5 Å². The molecule has 0 aromatic heterocycles. The minimum Gasteiger partial charge on any atom is -0.379 e. The first-order valence-electron chi connectivity index (χ1n) is 10.1. The maximum atomic E-state index is 12.6. The fourth-order valence-corrected chi connectivity index (χ4v) is 4.32. The van der Waals surface area contributed by atoms with Crippen LogP contribution in [0.2, 0.25) is 5.02 Å². The van der Waals surface area contributed by atoms with Gasteiger partial charge in [-0.2, -0.15) is 4.31 Å². The fraction of sp³-hybridized carbons (Fsp3) is 0.409. The number of ether oxygens (including phenoxy) is 1. The molecule has 0 spiro atoms. The van der Waals surface area contributed by atoms with Crippen LogP contribution in [-0.4, -0.2) is 62.6 Å². The molecule has 1 fully saturated rings. The van der Waals surface area contributed by atoms with Crippen molar-refractivity contribution in [1.29, 1.82) is 0 Å². The molecule has 31 heavy (non-hydrogen) atoms. The summed E-state index contributed by atoms with van der Waals surface area (Å²) in [4.78, 5) is 14.9. The Kier molecular flexibility index (Phi) is 8.45. The lowest BCUT2D eigenvalue weighted by molar-refractivity contribution is -0.121. The first-order valence-corrected chi connectivity index (χ1v) is 12.4. The summed E-state index contributed by atoms with van der Waals surface area (Å²) in [5, 5.41) is 3.32. The third-order valence-electron chi connectivity index (χ3n) is 5.19. The molecule has 168 valence electrons. The van der Waals surface area contributed by atoms with Gasteiger partial charge < -0.3 is 10.1 Å². The first kappa shape index (κ1) is 23.7. The standard InChI is InChI=1S/C22H28ClN3O4S/c1-31(28,29)26(16-20-8-4-5-9-21(20)23)17-22(27)24-14-18-6-2-3-7-19(18)15-25-10-12-30-13-11-25/h2-9H,10-17H2,1H3,(H,24,27). The molecular formula is C22H28ClN3O4S. The summed E-state index contributed by atoms with van der Waals surface area (Å²) in [7, 11) is -3.59. The van der Waals surface area contributed by atoms with E-state index in [1.807, 2.05) is 18.2 Å². The lowest BCUT2D eigenvalue weighted by atomic mass is 10.1. The van der Waals surface area contributed by atoms with Gasteiger partial charge in [0, 0.05) is 37.7 Å². The van der Waals surface area contributed by atoms with Gasteiger partial charge in [-0.3, -0.25) is 9.69 Å². The van der Waals surface area contributed by atoms with Gasteiger partial charge in [-0.15, -0.1) is 0 Å².